The SMILES string of the molecule is O=c1c(O)c(-c2ccc(O)cc2)oc2cc(O)c([C@@H]3OC(CO)[C@@H](O)[C@H](O)C3O)c(O)c12. The molecule has 1 aliphatic rings. The fourth-order valence-corrected chi connectivity index (χ4v) is 3.76. The first kappa shape index (κ1) is 21.9. The highest BCUT2D eigenvalue weighted by atomic mass is 16.5. The Morgan fingerprint density at radius 2 is 1.53 bits per heavy atom. The average molecular weight is 448 g/mol. The van der Waals surface area contributed by atoms with E-state index in [-0.39, 0.29) is 22.7 Å². The minimum atomic E-state index is -1.83. The first-order valence-corrected chi connectivity index (χ1v) is 9.50. The number of aromatic hydroxyl groups is 4. The predicted molar refractivity (Wildman–Crippen MR) is 107 cm³/mol. The van der Waals surface area contributed by atoms with Crippen LogP contribution in [0.3, 0.4) is 0 Å². The van der Waals surface area contributed by atoms with Crippen LogP contribution < -0.4 is 5.43 Å². The summed E-state index contributed by atoms with van der Waals surface area (Å²) in [5.74, 6) is -2.75. The fraction of sp³-hybridized carbons (Fsp3) is 0.286. The summed E-state index contributed by atoms with van der Waals surface area (Å²) < 4.78 is 10.9. The predicted octanol–water partition coefficient (Wildman–Crippen LogP) is -0.203. The second-order valence-corrected chi connectivity index (χ2v) is 7.44. The topological polar surface area (TPSA) is 201 Å². The third-order valence-corrected chi connectivity index (χ3v) is 5.46. The molecule has 8 N–H and O–H groups in total. The molecule has 1 fully saturated rings. The van der Waals surface area contributed by atoms with Crippen molar-refractivity contribution >= 4 is 11.0 Å². The van der Waals surface area contributed by atoms with Crippen molar-refractivity contribution in [1.82, 2.24) is 0 Å². The molecule has 11 heteroatoms. The lowest BCUT2D eigenvalue weighted by atomic mass is 9.89. The van der Waals surface area contributed by atoms with Gasteiger partial charge >= 0.3 is 0 Å². The molecular formula is C21H20O11. The lowest BCUT2D eigenvalue weighted by Gasteiger charge is -2.40. The molecule has 170 valence electrons. The van der Waals surface area contributed by atoms with Crippen LogP contribution in [0.25, 0.3) is 22.3 Å². The Morgan fingerprint density at radius 3 is 2.16 bits per heavy atom. The van der Waals surface area contributed by atoms with Gasteiger partial charge in [-0.3, -0.25) is 4.79 Å². The van der Waals surface area contributed by atoms with E-state index in [9.17, 15) is 45.6 Å². The Hall–Kier alpha value is -3.35. The van der Waals surface area contributed by atoms with E-state index in [1.807, 2.05) is 0 Å². The van der Waals surface area contributed by atoms with E-state index in [4.69, 9.17) is 9.15 Å². The molecule has 0 amide bonds. The van der Waals surface area contributed by atoms with Crippen LogP contribution in [0.1, 0.15) is 11.7 Å². The van der Waals surface area contributed by atoms with Crippen LogP contribution in [0.5, 0.6) is 23.0 Å². The van der Waals surface area contributed by atoms with Crippen LogP contribution in [0.4, 0.5) is 0 Å². The molecule has 11 nitrogen and oxygen atoms in total. The van der Waals surface area contributed by atoms with Crippen molar-refractivity contribution in [1.29, 1.82) is 0 Å². The number of ether oxygens (including phenoxy) is 1. The number of hydrogen-bond acceptors (Lipinski definition) is 11. The molecule has 1 aromatic heterocycles. The van der Waals surface area contributed by atoms with Gasteiger partial charge in [0.2, 0.25) is 11.2 Å². The molecule has 4 rings (SSSR count). The maximum Gasteiger partial charge on any atom is 0.238 e. The normalized spacial score (nSPS) is 25.8. The molecule has 0 bridgehead atoms. The highest BCUT2D eigenvalue weighted by Crippen LogP contribution is 2.45. The third kappa shape index (κ3) is 3.32. The quantitative estimate of drug-likeness (QED) is 0.264. The second kappa shape index (κ2) is 7.97. The van der Waals surface area contributed by atoms with Gasteiger partial charge in [-0.1, -0.05) is 0 Å². The molecule has 32 heavy (non-hydrogen) atoms. The monoisotopic (exact) mass is 448 g/mol. The summed E-state index contributed by atoms with van der Waals surface area (Å²) in [5.41, 5.74) is -1.63. The summed E-state index contributed by atoms with van der Waals surface area (Å²) >= 11 is 0. The Labute approximate surface area is 179 Å². The maximum absolute atomic E-state index is 12.8. The largest absolute Gasteiger partial charge is 0.508 e. The number of rotatable bonds is 3. The number of phenolic OH excluding ortho intramolecular Hbond substituents is 3. The van der Waals surface area contributed by atoms with Gasteiger partial charge in [0.25, 0.3) is 0 Å². The van der Waals surface area contributed by atoms with E-state index < -0.39 is 70.8 Å². The smallest absolute Gasteiger partial charge is 0.238 e. The van der Waals surface area contributed by atoms with E-state index in [0.29, 0.717) is 0 Å². The van der Waals surface area contributed by atoms with Gasteiger partial charge < -0.3 is 50.0 Å². The number of phenols is 3. The van der Waals surface area contributed by atoms with Crippen molar-refractivity contribution in [2.75, 3.05) is 6.61 Å². The number of benzene rings is 2. The lowest BCUT2D eigenvalue weighted by Crippen LogP contribution is -2.55. The van der Waals surface area contributed by atoms with Crippen LogP contribution in [-0.4, -0.2) is 71.9 Å². The van der Waals surface area contributed by atoms with Crippen molar-refractivity contribution in [3.63, 3.8) is 0 Å². The molecular weight excluding hydrogens is 428 g/mol. The van der Waals surface area contributed by atoms with Crippen molar-refractivity contribution in [2.45, 2.75) is 30.5 Å². The van der Waals surface area contributed by atoms with Crippen molar-refractivity contribution in [3.8, 4) is 34.3 Å². The Balaban J connectivity index is 1.90. The molecule has 2 heterocycles. The van der Waals surface area contributed by atoms with E-state index >= 15 is 0 Å². The summed E-state index contributed by atoms with van der Waals surface area (Å²) in [6, 6.07) is 6.31. The summed E-state index contributed by atoms with van der Waals surface area (Å²) in [5, 5.41) is 80.2. The van der Waals surface area contributed by atoms with Crippen LogP contribution >= 0.6 is 0 Å². The molecule has 1 aliphatic heterocycles. The Bertz CT molecular complexity index is 1220. The van der Waals surface area contributed by atoms with Gasteiger partial charge in [-0.2, -0.15) is 0 Å². The van der Waals surface area contributed by atoms with E-state index in [0.717, 1.165) is 6.07 Å². The lowest BCUT2D eigenvalue weighted by molar-refractivity contribution is -0.232. The van der Waals surface area contributed by atoms with Crippen LogP contribution in [-0.2, 0) is 4.74 Å². The van der Waals surface area contributed by atoms with E-state index in [2.05, 4.69) is 0 Å². The summed E-state index contributed by atoms with van der Waals surface area (Å²) in [6.07, 6.45) is -8.25. The standard InChI is InChI=1S/C21H20O11/c22-6-11-14(25)17(28)19(30)21(32-11)12-9(24)5-10-13(15(12)26)16(27)18(29)20(31-10)7-1-3-8(23)4-2-7/h1-5,11,14,17,19,21-26,28-30H,6H2/t11?,14-,17+,19?,21+/m1/s1. The highest BCUT2D eigenvalue weighted by Gasteiger charge is 2.46. The molecule has 0 spiro atoms. The zero-order valence-corrected chi connectivity index (χ0v) is 16.3. The van der Waals surface area contributed by atoms with Gasteiger partial charge in [-0.05, 0) is 24.3 Å². The minimum absolute atomic E-state index is 0.0594. The summed E-state index contributed by atoms with van der Waals surface area (Å²) in [4.78, 5) is 12.8. The maximum atomic E-state index is 12.8. The zero-order chi connectivity index (χ0) is 23.3. The van der Waals surface area contributed by atoms with Crippen LogP contribution in [0.15, 0.2) is 39.5 Å². The molecule has 0 radical (unpaired) electrons. The van der Waals surface area contributed by atoms with Crippen LogP contribution in [0.2, 0.25) is 0 Å². The van der Waals surface area contributed by atoms with E-state index in [1.54, 1.807) is 0 Å². The average Bonchev–Trinajstić information content (AvgIpc) is 2.76. The van der Waals surface area contributed by atoms with Gasteiger partial charge in [0.1, 0.15) is 58.7 Å². The molecule has 5 atom stereocenters. The van der Waals surface area contributed by atoms with Crippen molar-refractivity contribution in [2.24, 2.45) is 0 Å². The second-order valence-electron chi connectivity index (χ2n) is 7.44. The van der Waals surface area contributed by atoms with Crippen LogP contribution in [0, 0.1) is 0 Å². The summed E-state index contributed by atoms with van der Waals surface area (Å²) in [6.45, 7) is -0.741. The number of hydrogen-bond donors (Lipinski definition) is 8. The Morgan fingerprint density at radius 1 is 0.875 bits per heavy atom. The molecule has 2 unspecified atom stereocenters. The van der Waals surface area contributed by atoms with Gasteiger partial charge in [-0.15, -0.1) is 0 Å². The molecule has 0 aliphatic carbocycles. The molecule has 0 saturated carbocycles. The van der Waals surface area contributed by atoms with Gasteiger partial charge in [-0.25, -0.2) is 0 Å². The van der Waals surface area contributed by atoms with Crippen molar-refractivity contribution in [3.05, 3.63) is 46.1 Å². The van der Waals surface area contributed by atoms with Crippen molar-refractivity contribution < 1.29 is 50.0 Å². The molecule has 2 aromatic carbocycles. The van der Waals surface area contributed by atoms with Gasteiger partial charge in [0.05, 0.1) is 12.2 Å². The first-order valence-electron chi connectivity index (χ1n) is 9.50. The summed E-state index contributed by atoms with van der Waals surface area (Å²) in [7, 11) is 0. The zero-order valence-electron chi connectivity index (χ0n) is 16.3. The number of aliphatic hydroxyl groups excluding tert-OH is 4. The minimum Gasteiger partial charge on any atom is -0.508 e. The third-order valence-electron chi connectivity index (χ3n) is 5.46. The Kier molecular flexibility index (Phi) is 5.44. The fourth-order valence-electron chi connectivity index (χ4n) is 3.76. The molecule has 3 aromatic rings. The van der Waals surface area contributed by atoms with Gasteiger partial charge in [0, 0.05) is 11.6 Å². The number of aliphatic hydroxyl groups is 4. The van der Waals surface area contributed by atoms with Gasteiger partial charge in [0.15, 0.2) is 5.76 Å². The number of fused-ring (bicyclic) bond motifs is 1. The first-order chi connectivity index (χ1) is 15.1. The van der Waals surface area contributed by atoms with E-state index in [1.165, 1.54) is 24.3 Å². The molecule has 1 saturated heterocycles. The highest BCUT2D eigenvalue weighted by molar-refractivity contribution is 5.90.